The van der Waals surface area contributed by atoms with Crippen LogP contribution in [0.25, 0.3) is 0 Å². The number of likely N-dealkylation sites (N-methyl/N-ethyl adjacent to an activating group) is 1. The van der Waals surface area contributed by atoms with E-state index < -0.39 is 28.5 Å². The van der Waals surface area contributed by atoms with E-state index in [4.69, 9.17) is 16.3 Å². The zero-order valence-corrected chi connectivity index (χ0v) is 24.1. The molecule has 3 aromatic rings. The Balaban J connectivity index is 2.08. The van der Waals surface area contributed by atoms with E-state index in [0.29, 0.717) is 23.9 Å². The molecule has 8 nitrogen and oxygen atoms in total. The number of hydrogen-bond donors (Lipinski definition) is 1. The van der Waals surface area contributed by atoms with Crippen LogP contribution in [-0.2, 0) is 26.2 Å². The van der Waals surface area contributed by atoms with Crippen molar-refractivity contribution in [2.45, 2.75) is 45.2 Å². The molecule has 0 bridgehead atoms. The van der Waals surface area contributed by atoms with Gasteiger partial charge < -0.3 is 15.0 Å². The van der Waals surface area contributed by atoms with Gasteiger partial charge in [-0.15, -0.1) is 0 Å². The fourth-order valence-corrected chi connectivity index (χ4v) is 5.65. The van der Waals surface area contributed by atoms with Gasteiger partial charge in [0, 0.05) is 18.1 Å². The van der Waals surface area contributed by atoms with Gasteiger partial charge in [0.15, 0.2) is 0 Å². The Labute approximate surface area is 235 Å². The van der Waals surface area contributed by atoms with Gasteiger partial charge in [-0.05, 0) is 69.7 Å². The number of benzene rings is 3. The van der Waals surface area contributed by atoms with Crippen LogP contribution in [0.1, 0.15) is 31.9 Å². The highest BCUT2D eigenvalue weighted by Crippen LogP contribution is 2.33. The van der Waals surface area contributed by atoms with Crippen molar-refractivity contribution >= 4 is 39.1 Å². The number of halogens is 1. The number of carbonyl (C=O) groups is 2. The van der Waals surface area contributed by atoms with E-state index in [0.717, 1.165) is 15.4 Å². The Bertz CT molecular complexity index is 1400. The Morgan fingerprint density at radius 3 is 2.33 bits per heavy atom. The van der Waals surface area contributed by atoms with Crippen molar-refractivity contribution in [1.82, 2.24) is 10.2 Å². The zero-order valence-electron chi connectivity index (χ0n) is 22.6. The number of nitrogens with one attached hydrogen (secondary N) is 1. The van der Waals surface area contributed by atoms with E-state index in [2.05, 4.69) is 5.32 Å². The number of nitrogens with zero attached hydrogens (tertiary/aromatic N) is 2. The molecule has 1 atom stereocenters. The van der Waals surface area contributed by atoms with Crippen LogP contribution < -0.4 is 14.4 Å². The van der Waals surface area contributed by atoms with E-state index in [1.807, 2.05) is 31.2 Å². The molecule has 0 saturated heterocycles. The van der Waals surface area contributed by atoms with Crippen LogP contribution in [0.15, 0.2) is 77.7 Å². The summed E-state index contributed by atoms with van der Waals surface area (Å²) in [7, 11) is -4.23. The van der Waals surface area contributed by atoms with Gasteiger partial charge in [-0.3, -0.25) is 13.9 Å². The minimum Gasteiger partial charge on any atom is -0.492 e. The second kappa shape index (κ2) is 13.5. The van der Waals surface area contributed by atoms with Crippen molar-refractivity contribution in [3.63, 3.8) is 0 Å². The van der Waals surface area contributed by atoms with E-state index >= 15 is 0 Å². The maximum atomic E-state index is 13.9. The highest BCUT2D eigenvalue weighted by atomic mass is 35.5. The molecule has 3 aromatic carbocycles. The summed E-state index contributed by atoms with van der Waals surface area (Å²) in [5.41, 5.74) is 2.04. The third-order valence-electron chi connectivity index (χ3n) is 6.07. The SMILES string of the molecule is CCNC(=O)[C@H](C)N(Cc1cccc(C)c1)C(=O)CN(c1ccccc1OCC)S(=O)(=O)c1ccc(Cl)cc1. The minimum atomic E-state index is -4.23. The van der Waals surface area contributed by atoms with Crippen molar-refractivity contribution in [3.8, 4) is 5.75 Å². The number of sulfonamides is 1. The molecule has 208 valence electrons. The van der Waals surface area contributed by atoms with E-state index in [9.17, 15) is 18.0 Å². The van der Waals surface area contributed by atoms with Crippen LogP contribution >= 0.6 is 11.6 Å². The monoisotopic (exact) mass is 571 g/mol. The maximum absolute atomic E-state index is 13.9. The average Bonchev–Trinajstić information content (AvgIpc) is 2.91. The normalized spacial score (nSPS) is 11.9. The number of aryl methyl sites for hydroxylation is 1. The van der Waals surface area contributed by atoms with Crippen LogP contribution in [0.2, 0.25) is 5.02 Å². The lowest BCUT2D eigenvalue weighted by molar-refractivity contribution is -0.139. The Kier molecular flexibility index (Phi) is 10.4. The van der Waals surface area contributed by atoms with E-state index in [1.54, 1.807) is 45.0 Å². The van der Waals surface area contributed by atoms with Gasteiger partial charge in [0.05, 0.1) is 17.2 Å². The highest BCUT2D eigenvalue weighted by molar-refractivity contribution is 7.92. The number of rotatable bonds is 12. The van der Waals surface area contributed by atoms with Gasteiger partial charge in [0.2, 0.25) is 11.8 Å². The topological polar surface area (TPSA) is 96.0 Å². The number of anilines is 1. The van der Waals surface area contributed by atoms with Gasteiger partial charge in [0.25, 0.3) is 10.0 Å². The van der Waals surface area contributed by atoms with Crippen LogP contribution in [-0.4, -0.2) is 50.9 Å². The highest BCUT2D eigenvalue weighted by Gasteiger charge is 2.33. The number of carbonyl (C=O) groups excluding carboxylic acids is 2. The summed E-state index contributed by atoms with van der Waals surface area (Å²) < 4.78 is 34.6. The molecule has 2 amide bonds. The number of para-hydroxylation sites is 2. The predicted octanol–water partition coefficient (Wildman–Crippen LogP) is 4.80. The van der Waals surface area contributed by atoms with Gasteiger partial charge in [-0.2, -0.15) is 0 Å². The van der Waals surface area contributed by atoms with Crippen molar-refractivity contribution < 1.29 is 22.7 Å². The standard InChI is InChI=1S/C29H34ClN3O5S/c1-5-31-29(35)22(4)32(19-23-11-9-10-21(3)18-23)28(34)20-33(26-12-7-8-13-27(26)38-6-2)39(36,37)25-16-14-24(30)15-17-25/h7-18,22H,5-6,19-20H2,1-4H3,(H,31,35)/t22-/m0/s1. The molecule has 10 heteroatoms. The molecular weight excluding hydrogens is 538 g/mol. The lowest BCUT2D eigenvalue weighted by Crippen LogP contribution is -2.51. The summed E-state index contributed by atoms with van der Waals surface area (Å²) in [4.78, 5) is 28.1. The predicted molar refractivity (Wildman–Crippen MR) is 153 cm³/mol. The first-order valence-corrected chi connectivity index (χ1v) is 14.5. The van der Waals surface area contributed by atoms with Crippen molar-refractivity contribution in [2.75, 3.05) is 24.0 Å². The summed E-state index contributed by atoms with van der Waals surface area (Å²) in [5, 5.41) is 3.13. The van der Waals surface area contributed by atoms with Crippen molar-refractivity contribution in [2.24, 2.45) is 0 Å². The molecule has 0 spiro atoms. The summed E-state index contributed by atoms with van der Waals surface area (Å²) in [6, 6.07) is 19.1. The fraction of sp³-hybridized carbons (Fsp3) is 0.310. The first-order chi connectivity index (χ1) is 18.6. The Morgan fingerprint density at radius 2 is 1.69 bits per heavy atom. The summed E-state index contributed by atoms with van der Waals surface area (Å²) in [6.07, 6.45) is 0. The number of amides is 2. The molecule has 0 radical (unpaired) electrons. The number of ether oxygens (including phenoxy) is 1. The minimum absolute atomic E-state index is 0.0342. The van der Waals surface area contributed by atoms with Gasteiger partial charge in [0.1, 0.15) is 18.3 Å². The molecule has 0 unspecified atom stereocenters. The zero-order chi connectivity index (χ0) is 28.6. The van der Waals surface area contributed by atoms with Crippen LogP contribution in [0.4, 0.5) is 5.69 Å². The smallest absolute Gasteiger partial charge is 0.264 e. The lowest BCUT2D eigenvalue weighted by atomic mass is 10.1. The van der Waals surface area contributed by atoms with Gasteiger partial charge in [-0.25, -0.2) is 8.42 Å². The third kappa shape index (κ3) is 7.52. The molecule has 0 saturated carbocycles. The molecule has 3 rings (SSSR count). The van der Waals surface area contributed by atoms with Crippen LogP contribution in [0.5, 0.6) is 5.75 Å². The lowest BCUT2D eigenvalue weighted by Gasteiger charge is -2.32. The van der Waals surface area contributed by atoms with Gasteiger partial charge in [-0.1, -0.05) is 53.6 Å². The second-order valence-electron chi connectivity index (χ2n) is 8.95. The molecule has 0 aliphatic rings. The fourth-order valence-electron chi connectivity index (χ4n) is 4.10. The second-order valence-corrected chi connectivity index (χ2v) is 11.2. The van der Waals surface area contributed by atoms with Crippen LogP contribution in [0, 0.1) is 6.92 Å². The molecular formula is C29H34ClN3O5S. The molecule has 0 heterocycles. The van der Waals surface area contributed by atoms with E-state index in [-0.39, 0.29) is 23.0 Å². The number of hydrogen-bond acceptors (Lipinski definition) is 5. The molecule has 1 N–H and O–H groups in total. The molecule has 0 aromatic heterocycles. The molecule has 0 aliphatic heterocycles. The van der Waals surface area contributed by atoms with E-state index in [1.165, 1.54) is 29.2 Å². The Morgan fingerprint density at radius 1 is 1.00 bits per heavy atom. The molecule has 0 aliphatic carbocycles. The molecule has 39 heavy (non-hydrogen) atoms. The van der Waals surface area contributed by atoms with Crippen molar-refractivity contribution in [3.05, 3.63) is 88.9 Å². The first kappa shape index (κ1) is 30.0. The van der Waals surface area contributed by atoms with Gasteiger partial charge >= 0.3 is 0 Å². The summed E-state index contributed by atoms with van der Waals surface area (Å²) in [6.45, 7) is 7.42. The summed E-state index contributed by atoms with van der Waals surface area (Å²) in [5.74, 6) is -0.563. The quantitative estimate of drug-likeness (QED) is 0.337. The maximum Gasteiger partial charge on any atom is 0.264 e. The average molecular weight is 572 g/mol. The molecule has 0 fully saturated rings. The van der Waals surface area contributed by atoms with Crippen molar-refractivity contribution in [1.29, 1.82) is 0 Å². The van der Waals surface area contributed by atoms with Crippen LogP contribution in [0.3, 0.4) is 0 Å². The summed E-state index contributed by atoms with van der Waals surface area (Å²) >= 11 is 6.00. The first-order valence-electron chi connectivity index (χ1n) is 12.7. The largest absolute Gasteiger partial charge is 0.492 e. The Hall–Kier alpha value is -3.56. The third-order valence-corrected chi connectivity index (χ3v) is 8.09.